The first-order valence-electron chi connectivity index (χ1n) is 15.5. The van der Waals surface area contributed by atoms with Gasteiger partial charge in [0.15, 0.2) is 0 Å². The molecular weight excluding hydrogens is 516 g/mol. The number of fused-ring (bicyclic) bond motifs is 7. The van der Waals surface area contributed by atoms with Gasteiger partial charge in [-0.1, -0.05) is 144 Å². The molecule has 43 heavy (non-hydrogen) atoms. The predicted molar refractivity (Wildman–Crippen MR) is 187 cm³/mol. The zero-order chi connectivity index (χ0) is 29.2. The minimum absolute atomic E-state index is 0.0966. The van der Waals surface area contributed by atoms with Crippen molar-refractivity contribution in [2.24, 2.45) is 0 Å². The highest BCUT2D eigenvalue weighted by Crippen LogP contribution is 2.55. The molecule has 0 radical (unpaired) electrons. The van der Waals surface area contributed by atoms with E-state index in [0.29, 0.717) is 0 Å². The van der Waals surface area contributed by atoms with Crippen LogP contribution in [0.5, 0.6) is 0 Å². The van der Waals surface area contributed by atoms with Crippen LogP contribution < -0.4 is 0 Å². The predicted octanol–water partition coefficient (Wildman–Crippen LogP) is 12.2. The largest absolute Gasteiger partial charge is 0.0616 e. The fourth-order valence-electron chi connectivity index (χ4n) is 8.05. The first-order valence-corrected chi connectivity index (χ1v) is 15.5. The second-order valence-electron chi connectivity index (χ2n) is 14.2. The Labute approximate surface area is 252 Å². The molecule has 8 aromatic carbocycles. The Morgan fingerprint density at radius 3 is 1.81 bits per heavy atom. The van der Waals surface area contributed by atoms with E-state index in [0.717, 1.165) is 0 Å². The lowest BCUT2D eigenvalue weighted by atomic mass is 9.79. The highest BCUT2D eigenvalue weighted by Gasteiger charge is 2.38. The van der Waals surface area contributed by atoms with Crippen LogP contribution in [0.25, 0.3) is 76.1 Å². The third kappa shape index (κ3) is 3.27. The van der Waals surface area contributed by atoms with E-state index in [1.165, 1.54) is 92.8 Å². The van der Waals surface area contributed by atoms with E-state index in [4.69, 9.17) is 0 Å². The molecule has 0 nitrogen and oxygen atoms in total. The van der Waals surface area contributed by atoms with Crippen LogP contribution in [-0.4, -0.2) is 0 Å². The first kappa shape index (κ1) is 24.9. The zero-order valence-corrected chi connectivity index (χ0v) is 25.5. The number of rotatable bonds is 1. The molecule has 0 bridgehead atoms. The molecule has 1 aliphatic rings. The lowest BCUT2D eigenvalue weighted by Gasteiger charge is -2.24. The second-order valence-corrected chi connectivity index (χ2v) is 14.2. The molecular formula is C43H34. The van der Waals surface area contributed by atoms with Gasteiger partial charge in [-0.05, 0) is 104 Å². The van der Waals surface area contributed by atoms with Gasteiger partial charge in [0.2, 0.25) is 0 Å². The summed E-state index contributed by atoms with van der Waals surface area (Å²) in [6.45, 7) is 11.7. The summed E-state index contributed by atoms with van der Waals surface area (Å²) in [6, 6.07) is 44.0. The molecule has 0 fully saturated rings. The van der Waals surface area contributed by atoms with E-state index < -0.39 is 0 Å². The van der Waals surface area contributed by atoms with Gasteiger partial charge in [0.25, 0.3) is 0 Å². The van der Waals surface area contributed by atoms with Crippen molar-refractivity contribution in [1.82, 2.24) is 0 Å². The van der Waals surface area contributed by atoms with Crippen LogP contribution >= 0.6 is 0 Å². The van der Waals surface area contributed by atoms with Crippen molar-refractivity contribution in [1.29, 1.82) is 0 Å². The van der Waals surface area contributed by atoms with Crippen molar-refractivity contribution < 1.29 is 0 Å². The summed E-state index contributed by atoms with van der Waals surface area (Å²) in [6.07, 6.45) is 0. The SMILES string of the molecule is CC(C)(C)c1cc2ccc3ccc(-c4cc5c(c6ccccc46)-c4c(ccc6ccccc46)C5(C)C)c4ccc(c1)c2c34. The molecule has 0 atom stereocenters. The van der Waals surface area contributed by atoms with Crippen LogP contribution in [0.2, 0.25) is 0 Å². The van der Waals surface area contributed by atoms with Crippen molar-refractivity contribution >= 4 is 53.9 Å². The Morgan fingerprint density at radius 2 is 1.05 bits per heavy atom. The van der Waals surface area contributed by atoms with E-state index in [-0.39, 0.29) is 10.8 Å². The van der Waals surface area contributed by atoms with Gasteiger partial charge in [-0.3, -0.25) is 0 Å². The normalized spacial score (nSPS) is 14.3. The molecule has 0 heterocycles. The van der Waals surface area contributed by atoms with Gasteiger partial charge in [-0.15, -0.1) is 0 Å². The minimum Gasteiger partial charge on any atom is -0.0616 e. The van der Waals surface area contributed by atoms with Gasteiger partial charge < -0.3 is 0 Å². The van der Waals surface area contributed by atoms with Crippen molar-refractivity contribution in [3.63, 3.8) is 0 Å². The fourth-order valence-corrected chi connectivity index (χ4v) is 8.05. The Morgan fingerprint density at radius 1 is 0.442 bits per heavy atom. The van der Waals surface area contributed by atoms with Gasteiger partial charge in [0, 0.05) is 5.41 Å². The second kappa shape index (κ2) is 8.23. The van der Waals surface area contributed by atoms with Crippen molar-refractivity contribution in [3.8, 4) is 22.3 Å². The van der Waals surface area contributed by atoms with E-state index >= 15 is 0 Å². The Bertz CT molecular complexity index is 2430. The molecule has 1 aliphatic carbocycles. The molecule has 0 saturated carbocycles. The van der Waals surface area contributed by atoms with E-state index in [9.17, 15) is 0 Å². The summed E-state index contributed by atoms with van der Waals surface area (Å²) in [5.41, 5.74) is 9.70. The topological polar surface area (TPSA) is 0 Å². The maximum absolute atomic E-state index is 2.52. The van der Waals surface area contributed by atoms with Crippen LogP contribution in [0.3, 0.4) is 0 Å². The smallest absolute Gasteiger partial charge is 0.0159 e. The zero-order valence-electron chi connectivity index (χ0n) is 25.5. The molecule has 0 saturated heterocycles. The molecule has 0 aliphatic heterocycles. The minimum atomic E-state index is -0.0966. The third-order valence-electron chi connectivity index (χ3n) is 10.3. The summed E-state index contributed by atoms with van der Waals surface area (Å²) in [7, 11) is 0. The van der Waals surface area contributed by atoms with Gasteiger partial charge in [0.05, 0.1) is 0 Å². The molecule has 8 aromatic rings. The highest BCUT2D eigenvalue weighted by atomic mass is 14.4. The van der Waals surface area contributed by atoms with Crippen molar-refractivity contribution in [2.75, 3.05) is 0 Å². The van der Waals surface area contributed by atoms with Crippen LogP contribution in [0.1, 0.15) is 51.3 Å². The van der Waals surface area contributed by atoms with Crippen LogP contribution in [0.15, 0.2) is 115 Å². The maximum atomic E-state index is 2.52. The number of hydrogen-bond donors (Lipinski definition) is 0. The third-order valence-corrected chi connectivity index (χ3v) is 10.3. The quantitative estimate of drug-likeness (QED) is 0.178. The summed E-state index contributed by atoms with van der Waals surface area (Å²) in [4.78, 5) is 0. The Kier molecular flexibility index (Phi) is 4.76. The molecule has 0 N–H and O–H groups in total. The first-order chi connectivity index (χ1) is 20.7. The average molecular weight is 551 g/mol. The monoisotopic (exact) mass is 550 g/mol. The average Bonchev–Trinajstić information content (AvgIpc) is 3.25. The van der Waals surface area contributed by atoms with Gasteiger partial charge in [-0.2, -0.15) is 0 Å². The van der Waals surface area contributed by atoms with Crippen LogP contribution in [0, 0.1) is 0 Å². The Balaban J connectivity index is 1.39. The highest BCUT2D eigenvalue weighted by molar-refractivity contribution is 6.27. The van der Waals surface area contributed by atoms with E-state index in [1.54, 1.807) is 0 Å². The summed E-state index contributed by atoms with van der Waals surface area (Å²) in [5.74, 6) is 0. The molecule has 0 heteroatoms. The maximum Gasteiger partial charge on any atom is 0.0159 e. The number of hydrogen-bond acceptors (Lipinski definition) is 0. The molecule has 206 valence electrons. The summed E-state index contributed by atoms with van der Waals surface area (Å²) in [5, 5.41) is 13.4. The molecule has 0 aromatic heterocycles. The lowest BCUT2D eigenvalue weighted by Crippen LogP contribution is -2.15. The van der Waals surface area contributed by atoms with Gasteiger partial charge in [-0.25, -0.2) is 0 Å². The summed E-state index contributed by atoms with van der Waals surface area (Å²) >= 11 is 0. The Hall–Kier alpha value is -4.68. The molecule has 0 unspecified atom stereocenters. The van der Waals surface area contributed by atoms with Crippen molar-refractivity contribution in [2.45, 2.75) is 45.4 Å². The standard InChI is InChI=1S/C43H34/c1-42(2,3)29-22-27-15-14-26-16-19-32(34-20-17-28(23-29)38(27)39(26)34)35-24-37-41(33-13-9-8-12-31(33)35)40-30-11-7-6-10-25(30)18-21-36(40)43(37,4)5/h6-24H,1-5H3. The van der Waals surface area contributed by atoms with Gasteiger partial charge in [0.1, 0.15) is 0 Å². The molecule has 0 spiro atoms. The molecule has 0 amide bonds. The van der Waals surface area contributed by atoms with Gasteiger partial charge >= 0.3 is 0 Å². The number of benzene rings is 8. The van der Waals surface area contributed by atoms with Crippen LogP contribution in [-0.2, 0) is 10.8 Å². The van der Waals surface area contributed by atoms with Crippen LogP contribution in [0.4, 0.5) is 0 Å². The fraction of sp³-hybridized carbons (Fsp3) is 0.163. The lowest BCUT2D eigenvalue weighted by molar-refractivity contribution is 0.591. The summed E-state index contributed by atoms with van der Waals surface area (Å²) < 4.78 is 0. The molecule has 9 rings (SSSR count). The van der Waals surface area contributed by atoms with Crippen molar-refractivity contribution in [3.05, 3.63) is 132 Å². The van der Waals surface area contributed by atoms with E-state index in [2.05, 4.69) is 150 Å². The van der Waals surface area contributed by atoms with E-state index in [1.807, 2.05) is 0 Å².